The minimum atomic E-state index is -3.92. The molecule has 194 valence electrons. The summed E-state index contributed by atoms with van der Waals surface area (Å²) in [6.07, 6.45) is 0. The second-order valence-corrected chi connectivity index (χ2v) is 12.3. The smallest absolute Gasteiger partial charge is 0.335 e. The molecule has 3 aromatic carbocycles. The lowest BCUT2D eigenvalue weighted by Crippen LogP contribution is -2.65. The van der Waals surface area contributed by atoms with Crippen LogP contribution in [-0.4, -0.2) is 74.5 Å². The molecule has 0 saturated carbocycles. The first-order valence-electron chi connectivity index (χ1n) is 10.5. The number of carboxylic acid groups (broad SMARTS) is 6. The van der Waals surface area contributed by atoms with Crippen LogP contribution < -0.4 is 15.6 Å². The molecule has 0 aromatic heterocycles. The molecule has 3 aromatic rings. The van der Waals surface area contributed by atoms with Crippen molar-refractivity contribution in [2.75, 3.05) is 0 Å². The first kappa shape index (κ1) is 27.3. The van der Waals surface area contributed by atoms with Gasteiger partial charge in [0, 0.05) is 0 Å². The van der Waals surface area contributed by atoms with Gasteiger partial charge in [-0.15, -0.1) is 0 Å². The van der Waals surface area contributed by atoms with Crippen LogP contribution in [0.1, 0.15) is 62.1 Å². The molecule has 12 nitrogen and oxygen atoms in total. The Bertz CT molecular complexity index is 1280. The first-order chi connectivity index (χ1) is 17.6. The number of hydrogen-bond donors (Lipinski definition) is 6. The number of carbonyl (C=O) groups is 6. The average Bonchev–Trinajstić information content (AvgIpc) is 2.86. The highest BCUT2D eigenvalue weighted by Crippen LogP contribution is 2.17. The fourth-order valence-corrected chi connectivity index (χ4v) is 7.65. The van der Waals surface area contributed by atoms with Gasteiger partial charge in [-0.1, -0.05) is 6.55 Å². The van der Waals surface area contributed by atoms with Gasteiger partial charge in [-0.05, 0) is 70.2 Å². The zero-order valence-corrected chi connectivity index (χ0v) is 20.3. The second kappa shape index (κ2) is 9.98. The summed E-state index contributed by atoms with van der Waals surface area (Å²) in [5.74, 6) is -8.99. The summed E-state index contributed by atoms with van der Waals surface area (Å²) in [7, 11) is -3.92. The van der Waals surface area contributed by atoms with Crippen molar-refractivity contribution < 1.29 is 59.4 Å². The highest BCUT2D eigenvalue weighted by molar-refractivity contribution is 7.10. The maximum atomic E-state index is 11.8. The van der Waals surface area contributed by atoms with E-state index in [4.69, 9.17) is 0 Å². The average molecular weight is 538 g/mol. The van der Waals surface area contributed by atoms with E-state index in [0.717, 1.165) is 54.6 Å². The van der Waals surface area contributed by atoms with Crippen LogP contribution in [0.15, 0.2) is 54.6 Å². The number of rotatable bonds is 9. The number of hydrogen-bond acceptors (Lipinski definition) is 6. The Morgan fingerprint density at radius 1 is 0.395 bits per heavy atom. The maximum absolute atomic E-state index is 11.8. The Kier molecular flexibility index (Phi) is 7.17. The summed E-state index contributed by atoms with van der Waals surface area (Å²) in [5.41, 5.74) is -2.75. The van der Waals surface area contributed by atoms with Gasteiger partial charge in [0.25, 0.3) is 0 Å². The highest BCUT2D eigenvalue weighted by atomic mass is 28.3. The molecule has 0 unspecified atom stereocenters. The van der Waals surface area contributed by atoms with Crippen molar-refractivity contribution in [3.63, 3.8) is 0 Å². The molecule has 0 bridgehead atoms. The summed E-state index contributed by atoms with van der Waals surface area (Å²) in [6.45, 7) is 1.47. The van der Waals surface area contributed by atoms with Crippen molar-refractivity contribution in [1.29, 1.82) is 0 Å². The number of carboxylic acids is 6. The molecular weight excluding hydrogens is 520 g/mol. The monoisotopic (exact) mass is 538 g/mol. The molecule has 0 aliphatic rings. The van der Waals surface area contributed by atoms with E-state index < -0.39 is 77.3 Å². The van der Waals surface area contributed by atoms with Crippen molar-refractivity contribution in [3.05, 3.63) is 88.0 Å². The molecule has 3 rings (SSSR count). The van der Waals surface area contributed by atoms with Crippen LogP contribution in [0.5, 0.6) is 0 Å². The molecule has 6 N–H and O–H groups in total. The Labute approximate surface area is 213 Å². The summed E-state index contributed by atoms with van der Waals surface area (Å²) in [5, 5.41) is 57.7. The summed E-state index contributed by atoms with van der Waals surface area (Å²) < 4.78 is 0. The molecule has 0 amide bonds. The minimum absolute atomic E-state index is 0.0209. The zero-order valence-electron chi connectivity index (χ0n) is 19.3. The van der Waals surface area contributed by atoms with Crippen LogP contribution >= 0.6 is 0 Å². The largest absolute Gasteiger partial charge is 0.478 e. The van der Waals surface area contributed by atoms with Gasteiger partial charge < -0.3 is 30.6 Å². The molecule has 0 aliphatic heterocycles. The van der Waals surface area contributed by atoms with Gasteiger partial charge in [-0.2, -0.15) is 0 Å². The number of benzene rings is 3. The van der Waals surface area contributed by atoms with E-state index in [1.165, 1.54) is 6.55 Å². The maximum Gasteiger partial charge on any atom is 0.335 e. The fourth-order valence-electron chi connectivity index (χ4n) is 3.99. The number of aromatic carboxylic acids is 6. The Morgan fingerprint density at radius 3 is 0.684 bits per heavy atom. The van der Waals surface area contributed by atoms with Gasteiger partial charge in [0.2, 0.25) is 0 Å². The van der Waals surface area contributed by atoms with E-state index in [1.807, 2.05) is 0 Å². The molecule has 0 radical (unpaired) electrons. The lowest BCUT2D eigenvalue weighted by Gasteiger charge is -2.31. The summed E-state index contributed by atoms with van der Waals surface area (Å²) in [4.78, 5) is 70.9. The Morgan fingerprint density at radius 2 is 0.553 bits per heavy atom. The van der Waals surface area contributed by atoms with E-state index in [-0.39, 0.29) is 15.6 Å². The van der Waals surface area contributed by atoms with E-state index in [0.29, 0.717) is 0 Å². The van der Waals surface area contributed by atoms with E-state index in [1.54, 1.807) is 0 Å². The molecule has 0 saturated heterocycles. The highest BCUT2D eigenvalue weighted by Gasteiger charge is 2.38. The lowest BCUT2D eigenvalue weighted by molar-refractivity contribution is 0.0676. The van der Waals surface area contributed by atoms with E-state index in [2.05, 4.69) is 0 Å². The van der Waals surface area contributed by atoms with Crippen molar-refractivity contribution >= 4 is 59.4 Å². The predicted molar refractivity (Wildman–Crippen MR) is 132 cm³/mol. The van der Waals surface area contributed by atoms with Gasteiger partial charge in [0.15, 0.2) is 0 Å². The van der Waals surface area contributed by atoms with Crippen LogP contribution in [0.4, 0.5) is 0 Å². The van der Waals surface area contributed by atoms with E-state index in [9.17, 15) is 59.4 Å². The quantitative estimate of drug-likeness (QED) is 0.166. The van der Waals surface area contributed by atoms with Crippen molar-refractivity contribution in [3.8, 4) is 0 Å². The third kappa shape index (κ3) is 5.12. The Hall–Kier alpha value is -5.30. The van der Waals surface area contributed by atoms with Gasteiger partial charge in [-0.3, -0.25) is 0 Å². The molecule has 0 spiro atoms. The molecule has 13 heteroatoms. The normalized spacial score (nSPS) is 11.0. The van der Waals surface area contributed by atoms with Crippen molar-refractivity contribution in [2.45, 2.75) is 6.55 Å². The molecular formula is C25H18O12Si. The molecule has 0 fully saturated rings. The molecule has 0 heterocycles. The SMILES string of the molecule is C[Si](c1cc(C(=O)O)cc(C(=O)O)c1)(c1cc(C(=O)O)cc(C(=O)O)c1)c1cc(C(=O)O)cc(C(=O)O)c1. The summed E-state index contributed by atoms with van der Waals surface area (Å²) in [6, 6.07) is 9.34. The second-order valence-electron chi connectivity index (χ2n) is 8.35. The fraction of sp³-hybridized carbons (Fsp3) is 0.0400. The topological polar surface area (TPSA) is 224 Å². The van der Waals surface area contributed by atoms with E-state index >= 15 is 0 Å². The molecule has 0 atom stereocenters. The molecule has 0 aliphatic carbocycles. The van der Waals surface area contributed by atoms with Crippen molar-refractivity contribution in [2.24, 2.45) is 0 Å². The Balaban J connectivity index is 2.58. The third-order valence-corrected chi connectivity index (χ3v) is 10.3. The van der Waals surface area contributed by atoms with Gasteiger partial charge in [0.1, 0.15) is 8.07 Å². The standard InChI is InChI=1S/C25H18O12Si/c1-38(17-5-11(20(26)27)2-12(6-17)21(28)29,18-7-13(22(30)31)3-14(8-18)23(32)33)19-9-15(24(34)35)4-16(10-19)25(36)37/h2-10H,1H3,(H,26,27)(H,28,29)(H,30,31)(H,32,33)(H,34,35)(H,36,37). The third-order valence-electron chi connectivity index (χ3n) is 6.01. The predicted octanol–water partition coefficient (Wildman–Crippen LogP) is 0.976. The van der Waals surface area contributed by atoms with Crippen LogP contribution in [0.25, 0.3) is 0 Å². The molecule has 38 heavy (non-hydrogen) atoms. The van der Waals surface area contributed by atoms with Gasteiger partial charge >= 0.3 is 35.8 Å². The minimum Gasteiger partial charge on any atom is -0.478 e. The van der Waals surface area contributed by atoms with Crippen LogP contribution in [0.2, 0.25) is 6.55 Å². The van der Waals surface area contributed by atoms with Crippen LogP contribution in [0.3, 0.4) is 0 Å². The first-order valence-corrected chi connectivity index (χ1v) is 13.0. The zero-order chi connectivity index (χ0) is 28.5. The van der Waals surface area contributed by atoms with Gasteiger partial charge in [0.05, 0.1) is 33.4 Å². The van der Waals surface area contributed by atoms with Gasteiger partial charge in [-0.25, -0.2) is 28.8 Å². The lowest BCUT2D eigenvalue weighted by atomic mass is 10.1. The summed E-state index contributed by atoms with van der Waals surface area (Å²) >= 11 is 0. The van der Waals surface area contributed by atoms with Crippen molar-refractivity contribution in [1.82, 2.24) is 0 Å². The van der Waals surface area contributed by atoms with Crippen LogP contribution in [0, 0.1) is 0 Å². The van der Waals surface area contributed by atoms with Crippen LogP contribution in [-0.2, 0) is 0 Å².